The van der Waals surface area contributed by atoms with Gasteiger partial charge in [-0.2, -0.15) is 0 Å². The Kier molecular flexibility index (Phi) is 3.14. The van der Waals surface area contributed by atoms with Crippen molar-refractivity contribution < 1.29 is 27.7 Å². The van der Waals surface area contributed by atoms with Gasteiger partial charge in [-0.15, -0.1) is 0 Å². The molecule has 0 aliphatic rings. The van der Waals surface area contributed by atoms with Gasteiger partial charge in [-0.25, -0.2) is 0 Å². The van der Waals surface area contributed by atoms with Gasteiger partial charge >= 0.3 is 0 Å². The third-order valence-electron chi connectivity index (χ3n) is 8.64. The molecule has 0 spiro atoms. The van der Waals surface area contributed by atoms with Crippen molar-refractivity contribution >= 4 is 65.0 Å². The van der Waals surface area contributed by atoms with Crippen LogP contribution < -0.4 is 0 Å². The maximum atomic E-state index is 9.73. The molecule has 0 N–H and O–H groups in total. The largest absolute Gasteiger partial charge is 0.455 e. The standard InChI is InChI=1S/C46H28O/c1-2-13-30(14-3-1)40-28-42-41-27-31(25-26-43(41)47-46(42)39-23-11-6-18-33(39)40)44-35-19-7-9-21-37(35)45(38-22-10-8-20-36(38)44)34-24-12-16-29-15-4-5-17-32(29)34/h1-28H/i1D,2D,3D,4D,5D,6D,11D,12D,13D,14D,15D,16D,17D,18D,23D,24D,28D. The van der Waals surface area contributed by atoms with Gasteiger partial charge in [0.05, 0.1) is 23.3 Å². The molecule has 0 saturated carbocycles. The van der Waals surface area contributed by atoms with E-state index >= 15 is 0 Å². The van der Waals surface area contributed by atoms with Crippen molar-refractivity contribution in [3.63, 3.8) is 0 Å². The zero-order chi connectivity index (χ0) is 45.7. The van der Waals surface area contributed by atoms with Crippen LogP contribution in [0.3, 0.4) is 0 Å². The lowest BCUT2D eigenvalue weighted by atomic mass is 9.84. The van der Waals surface area contributed by atoms with Crippen molar-refractivity contribution in [2.45, 2.75) is 0 Å². The van der Waals surface area contributed by atoms with Crippen LogP contribution in [0.1, 0.15) is 23.3 Å². The minimum absolute atomic E-state index is 0.0607. The van der Waals surface area contributed by atoms with Crippen molar-refractivity contribution in [2.75, 3.05) is 0 Å². The lowest BCUT2D eigenvalue weighted by Crippen LogP contribution is -1.91. The first-order valence-electron chi connectivity index (χ1n) is 23.3. The van der Waals surface area contributed by atoms with Gasteiger partial charge in [-0.1, -0.05) is 151 Å². The van der Waals surface area contributed by atoms with E-state index in [1.54, 1.807) is 54.6 Å². The summed E-state index contributed by atoms with van der Waals surface area (Å²) in [7, 11) is 0. The molecule has 218 valence electrons. The molecule has 0 saturated heterocycles. The fourth-order valence-electron chi connectivity index (χ4n) is 6.68. The van der Waals surface area contributed by atoms with Gasteiger partial charge in [0.2, 0.25) is 0 Å². The minimum atomic E-state index is -0.688. The average molecular weight is 614 g/mol. The summed E-state index contributed by atoms with van der Waals surface area (Å²) in [4.78, 5) is 0. The lowest BCUT2D eigenvalue weighted by molar-refractivity contribution is 0.673. The number of rotatable bonds is 3. The third-order valence-corrected chi connectivity index (χ3v) is 8.64. The normalized spacial score (nSPS) is 16.9. The zero-order valence-corrected chi connectivity index (χ0v) is 24.3. The highest BCUT2D eigenvalue weighted by Crippen LogP contribution is 2.47. The molecule has 9 aromatic carbocycles. The van der Waals surface area contributed by atoms with Crippen molar-refractivity contribution in [2.24, 2.45) is 0 Å². The summed E-state index contributed by atoms with van der Waals surface area (Å²) in [6.07, 6.45) is 0. The highest BCUT2D eigenvalue weighted by atomic mass is 16.3. The smallest absolute Gasteiger partial charge is 0.143 e. The predicted molar refractivity (Wildman–Crippen MR) is 200 cm³/mol. The van der Waals surface area contributed by atoms with Crippen LogP contribution in [0.15, 0.2) is 174 Å². The van der Waals surface area contributed by atoms with Crippen molar-refractivity contribution in [1.29, 1.82) is 0 Å². The fraction of sp³-hybridized carbons (Fsp3) is 0. The van der Waals surface area contributed by atoms with E-state index in [0.29, 0.717) is 43.6 Å². The maximum Gasteiger partial charge on any atom is 0.143 e. The molecule has 10 aromatic rings. The Bertz CT molecular complexity index is 3720. The minimum Gasteiger partial charge on any atom is -0.455 e. The molecule has 0 radical (unpaired) electrons. The van der Waals surface area contributed by atoms with Crippen LogP contribution in [0.5, 0.6) is 0 Å². The second-order valence-electron chi connectivity index (χ2n) is 11.1. The molecule has 0 fully saturated rings. The van der Waals surface area contributed by atoms with E-state index < -0.39 is 102 Å². The van der Waals surface area contributed by atoms with Crippen LogP contribution >= 0.6 is 0 Å². The summed E-state index contributed by atoms with van der Waals surface area (Å²) < 4.78 is 155. The molecule has 0 unspecified atom stereocenters. The molecule has 0 aliphatic heterocycles. The second-order valence-corrected chi connectivity index (χ2v) is 11.1. The zero-order valence-electron chi connectivity index (χ0n) is 41.3. The lowest BCUT2D eigenvalue weighted by Gasteiger charge is -2.18. The van der Waals surface area contributed by atoms with E-state index in [1.165, 1.54) is 0 Å². The summed E-state index contributed by atoms with van der Waals surface area (Å²) in [5, 5.41) is 2.14. The Labute approximate surface area is 295 Å². The van der Waals surface area contributed by atoms with Gasteiger partial charge in [0.1, 0.15) is 11.2 Å². The van der Waals surface area contributed by atoms with Crippen LogP contribution in [0.4, 0.5) is 0 Å². The molecule has 0 aliphatic carbocycles. The third kappa shape index (κ3) is 3.90. The van der Waals surface area contributed by atoms with E-state index in [0.717, 1.165) is 0 Å². The van der Waals surface area contributed by atoms with E-state index in [-0.39, 0.29) is 55.3 Å². The molecule has 1 heteroatoms. The van der Waals surface area contributed by atoms with E-state index in [2.05, 4.69) is 0 Å². The van der Waals surface area contributed by atoms with E-state index in [4.69, 9.17) is 25.0 Å². The molecule has 1 nitrogen and oxygen atoms in total. The summed E-state index contributed by atoms with van der Waals surface area (Å²) in [5.74, 6) is 0. The van der Waals surface area contributed by atoms with Crippen LogP contribution in [0, 0.1) is 0 Å². The first-order chi connectivity index (χ1) is 30.4. The quantitative estimate of drug-likeness (QED) is 0.181. The summed E-state index contributed by atoms with van der Waals surface area (Å²) in [6, 6.07) is 10.1. The fourth-order valence-corrected chi connectivity index (χ4v) is 6.68. The average Bonchev–Trinajstić information content (AvgIpc) is 3.68. The molecule has 1 aromatic heterocycles. The first-order valence-corrected chi connectivity index (χ1v) is 14.8. The van der Waals surface area contributed by atoms with E-state index in [1.807, 2.05) is 12.1 Å². The SMILES string of the molecule is [2H]c1c([2H])c([2H])c(-c2c([2H])c3c4cc(-c5c6ccccc6c(-c6c([2H])c([2H])c([2H])c7c([2H])c([2H])c([2H])c([2H])c67)c6ccccc56)ccc4oc3c3c([2H])c([2H])c([2H])c([2H])c23)c([2H])c1[2H]. The van der Waals surface area contributed by atoms with Crippen LogP contribution in [-0.4, -0.2) is 0 Å². The van der Waals surface area contributed by atoms with Crippen LogP contribution in [0.25, 0.3) is 98.4 Å². The Morgan fingerprint density at radius 2 is 1.02 bits per heavy atom. The van der Waals surface area contributed by atoms with Crippen molar-refractivity contribution in [1.82, 2.24) is 0 Å². The van der Waals surface area contributed by atoms with Gasteiger partial charge in [0, 0.05) is 16.2 Å². The summed E-state index contributed by atoms with van der Waals surface area (Å²) in [5.41, 5.74) is 1.17. The Balaban J connectivity index is 1.36. The number of furan rings is 1. The molecular weight excluding hydrogens is 569 g/mol. The van der Waals surface area contributed by atoms with Crippen LogP contribution in [0.2, 0.25) is 0 Å². The second kappa shape index (κ2) is 10.2. The molecular formula is C46H28O. The Hall–Kier alpha value is -6.18. The number of hydrogen-bond donors (Lipinski definition) is 0. The van der Waals surface area contributed by atoms with Crippen molar-refractivity contribution in [3.05, 3.63) is 169 Å². The van der Waals surface area contributed by atoms with Gasteiger partial charge in [-0.3, -0.25) is 0 Å². The monoisotopic (exact) mass is 613 g/mol. The Morgan fingerprint density at radius 1 is 0.404 bits per heavy atom. The van der Waals surface area contributed by atoms with Gasteiger partial charge < -0.3 is 4.42 Å². The predicted octanol–water partition coefficient (Wildman–Crippen LogP) is 13.2. The van der Waals surface area contributed by atoms with Gasteiger partial charge in [0.25, 0.3) is 0 Å². The highest BCUT2D eigenvalue weighted by molar-refractivity contribution is 6.25. The van der Waals surface area contributed by atoms with Crippen molar-refractivity contribution in [3.8, 4) is 33.4 Å². The van der Waals surface area contributed by atoms with Gasteiger partial charge in [0.15, 0.2) is 0 Å². The first kappa shape index (κ1) is 14.5. The number of hydrogen-bond acceptors (Lipinski definition) is 1. The highest BCUT2D eigenvalue weighted by Gasteiger charge is 2.20. The summed E-state index contributed by atoms with van der Waals surface area (Å²) >= 11 is 0. The summed E-state index contributed by atoms with van der Waals surface area (Å²) in [6.45, 7) is 0. The maximum absolute atomic E-state index is 9.73. The van der Waals surface area contributed by atoms with Crippen LogP contribution in [-0.2, 0) is 0 Å². The molecule has 0 atom stereocenters. The number of fused-ring (bicyclic) bond motifs is 8. The molecule has 47 heavy (non-hydrogen) atoms. The topological polar surface area (TPSA) is 13.1 Å². The molecule has 1 heterocycles. The van der Waals surface area contributed by atoms with Gasteiger partial charge in [-0.05, 0) is 89.3 Å². The molecule has 0 bridgehead atoms. The molecule has 0 amide bonds. The Morgan fingerprint density at radius 3 is 1.77 bits per heavy atom. The molecule has 10 rings (SSSR count). The van der Waals surface area contributed by atoms with E-state index in [9.17, 15) is 2.74 Å². The number of benzene rings is 9.